The van der Waals surface area contributed by atoms with Gasteiger partial charge in [0.25, 0.3) is 0 Å². The van der Waals surface area contributed by atoms with Gasteiger partial charge in [-0.3, -0.25) is 5.10 Å². The molecule has 158 valence electrons. The number of aryl methyl sites for hydroxylation is 1. The van der Waals surface area contributed by atoms with Crippen molar-refractivity contribution >= 4 is 28.5 Å². The van der Waals surface area contributed by atoms with E-state index in [4.69, 9.17) is 15.7 Å². The first kappa shape index (κ1) is 19.3. The first-order valence-electron chi connectivity index (χ1n) is 11.2. The molecule has 0 spiro atoms. The number of nitrogens with two attached hydrogens (primary N) is 1. The highest BCUT2D eigenvalue weighted by atomic mass is 15.3. The zero-order chi connectivity index (χ0) is 20.7. The third-order valence-corrected chi connectivity index (χ3v) is 7.01. The highest BCUT2D eigenvalue weighted by Crippen LogP contribution is 2.37. The van der Waals surface area contributed by atoms with Crippen molar-refractivity contribution < 1.29 is 0 Å². The van der Waals surface area contributed by atoms with Crippen LogP contribution in [-0.4, -0.2) is 46.3 Å². The van der Waals surface area contributed by atoms with E-state index in [9.17, 15) is 0 Å². The molecule has 30 heavy (non-hydrogen) atoms. The zero-order valence-electron chi connectivity index (χ0n) is 18.0. The molecule has 7 nitrogen and oxygen atoms in total. The van der Waals surface area contributed by atoms with E-state index in [1.54, 1.807) is 0 Å². The predicted molar refractivity (Wildman–Crippen MR) is 121 cm³/mol. The van der Waals surface area contributed by atoms with E-state index in [2.05, 4.69) is 52.0 Å². The number of H-pyrrole nitrogens is 1. The summed E-state index contributed by atoms with van der Waals surface area (Å²) in [7, 11) is 0. The summed E-state index contributed by atoms with van der Waals surface area (Å²) in [6.45, 7) is 8.13. The Balaban J connectivity index is 1.45. The van der Waals surface area contributed by atoms with Crippen LogP contribution in [0, 0.1) is 5.41 Å². The Hall–Kier alpha value is -2.67. The quantitative estimate of drug-likeness (QED) is 0.690. The van der Waals surface area contributed by atoms with Crippen molar-refractivity contribution in [3.05, 3.63) is 35.5 Å². The van der Waals surface area contributed by atoms with Gasteiger partial charge in [-0.25, -0.2) is 9.97 Å². The summed E-state index contributed by atoms with van der Waals surface area (Å²) in [5.74, 6) is 1.80. The molecule has 0 radical (unpaired) electrons. The lowest BCUT2D eigenvalue weighted by Gasteiger charge is -2.39. The summed E-state index contributed by atoms with van der Waals surface area (Å²) in [5, 5.41) is 7.78. The van der Waals surface area contributed by atoms with Crippen molar-refractivity contribution in [1.29, 1.82) is 0 Å². The number of anilines is 3. The lowest BCUT2D eigenvalue weighted by molar-refractivity contribution is 0.258. The Morgan fingerprint density at radius 1 is 1.20 bits per heavy atom. The van der Waals surface area contributed by atoms with Gasteiger partial charge in [0.1, 0.15) is 5.82 Å². The first-order chi connectivity index (χ1) is 14.6. The molecule has 1 fully saturated rings. The normalized spacial score (nSPS) is 18.6. The number of nitrogens with zero attached hydrogens (tertiary/aromatic N) is 5. The molecule has 3 N–H and O–H groups in total. The number of hydrogen-bond acceptors (Lipinski definition) is 6. The van der Waals surface area contributed by atoms with Crippen LogP contribution in [-0.2, 0) is 12.8 Å². The molecule has 0 saturated carbocycles. The van der Waals surface area contributed by atoms with Crippen LogP contribution in [0.1, 0.15) is 44.2 Å². The number of benzene rings is 1. The zero-order valence-corrected chi connectivity index (χ0v) is 18.0. The SMILES string of the molecule is CCc1cccc2c1CCCN2c1n[nH]c2nc(N3CCC(C)(CN)CC3)cnc12. The summed E-state index contributed by atoms with van der Waals surface area (Å²) < 4.78 is 0. The fourth-order valence-corrected chi connectivity index (χ4v) is 4.85. The number of fused-ring (bicyclic) bond motifs is 2. The van der Waals surface area contributed by atoms with Crippen LogP contribution in [0.25, 0.3) is 11.2 Å². The third-order valence-electron chi connectivity index (χ3n) is 7.01. The molecule has 0 atom stereocenters. The van der Waals surface area contributed by atoms with E-state index < -0.39 is 0 Å². The van der Waals surface area contributed by atoms with E-state index in [0.717, 1.165) is 81.1 Å². The van der Waals surface area contributed by atoms with Gasteiger partial charge in [0.15, 0.2) is 17.0 Å². The molecule has 1 saturated heterocycles. The van der Waals surface area contributed by atoms with Gasteiger partial charge in [-0.15, -0.1) is 0 Å². The number of hydrogen-bond donors (Lipinski definition) is 2. The minimum Gasteiger partial charge on any atom is -0.355 e. The molecule has 2 aromatic heterocycles. The van der Waals surface area contributed by atoms with Crippen molar-refractivity contribution in [3.8, 4) is 0 Å². The maximum atomic E-state index is 5.96. The van der Waals surface area contributed by atoms with Crippen LogP contribution in [0.5, 0.6) is 0 Å². The molecule has 1 aromatic carbocycles. The Bertz CT molecular complexity index is 1050. The van der Waals surface area contributed by atoms with Gasteiger partial charge in [0.05, 0.1) is 6.20 Å². The fraction of sp³-hybridized carbons (Fsp3) is 0.522. The number of rotatable bonds is 4. The Labute approximate surface area is 177 Å². The van der Waals surface area contributed by atoms with Crippen molar-refractivity contribution in [1.82, 2.24) is 20.2 Å². The fourth-order valence-electron chi connectivity index (χ4n) is 4.85. The van der Waals surface area contributed by atoms with Crippen molar-refractivity contribution in [3.63, 3.8) is 0 Å². The molecule has 2 aliphatic rings. The van der Waals surface area contributed by atoms with Gasteiger partial charge in [0.2, 0.25) is 0 Å². The molecule has 0 bridgehead atoms. The molecule has 7 heteroatoms. The number of nitrogens with one attached hydrogen (secondary N) is 1. The molecule has 3 aromatic rings. The average molecular weight is 406 g/mol. The van der Waals surface area contributed by atoms with Gasteiger partial charge in [-0.05, 0) is 61.3 Å². The Kier molecular flexibility index (Phi) is 4.85. The molecular formula is C23H31N7. The lowest BCUT2D eigenvalue weighted by atomic mass is 9.80. The van der Waals surface area contributed by atoms with E-state index in [1.165, 1.54) is 16.8 Å². The largest absolute Gasteiger partial charge is 0.355 e. The summed E-state index contributed by atoms with van der Waals surface area (Å²) in [6.07, 6.45) is 7.38. The van der Waals surface area contributed by atoms with Crippen molar-refractivity contribution in [2.75, 3.05) is 36.0 Å². The smallest absolute Gasteiger partial charge is 0.183 e. The van der Waals surface area contributed by atoms with E-state index >= 15 is 0 Å². The Morgan fingerprint density at radius 3 is 2.80 bits per heavy atom. The second kappa shape index (κ2) is 7.54. The van der Waals surface area contributed by atoms with Crippen LogP contribution in [0.4, 0.5) is 17.3 Å². The number of piperidine rings is 1. The summed E-state index contributed by atoms with van der Waals surface area (Å²) in [4.78, 5) is 14.3. The van der Waals surface area contributed by atoms with Gasteiger partial charge in [0, 0.05) is 25.3 Å². The molecule has 0 unspecified atom stereocenters. The molecule has 4 heterocycles. The maximum Gasteiger partial charge on any atom is 0.183 e. The Morgan fingerprint density at radius 2 is 2.03 bits per heavy atom. The van der Waals surface area contributed by atoms with Gasteiger partial charge in [-0.1, -0.05) is 26.0 Å². The van der Waals surface area contributed by atoms with Crippen molar-refractivity contribution in [2.24, 2.45) is 11.1 Å². The van der Waals surface area contributed by atoms with Gasteiger partial charge in [-0.2, -0.15) is 5.10 Å². The number of aromatic amines is 1. The third kappa shape index (κ3) is 3.21. The minimum atomic E-state index is 0.244. The first-order valence-corrected chi connectivity index (χ1v) is 11.2. The number of aromatic nitrogens is 4. The molecule has 5 rings (SSSR count). The summed E-state index contributed by atoms with van der Waals surface area (Å²) in [6, 6.07) is 6.60. The van der Waals surface area contributed by atoms with Gasteiger partial charge < -0.3 is 15.5 Å². The second-order valence-electron chi connectivity index (χ2n) is 9.00. The molecule has 0 amide bonds. The highest BCUT2D eigenvalue weighted by Gasteiger charge is 2.30. The van der Waals surface area contributed by atoms with Gasteiger partial charge >= 0.3 is 0 Å². The second-order valence-corrected chi connectivity index (χ2v) is 9.00. The average Bonchev–Trinajstić information content (AvgIpc) is 3.22. The van der Waals surface area contributed by atoms with E-state index in [-0.39, 0.29) is 5.41 Å². The van der Waals surface area contributed by atoms with Crippen molar-refractivity contribution in [2.45, 2.75) is 46.0 Å². The minimum absolute atomic E-state index is 0.244. The summed E-state index contributed by atoms with van der Waals surface area (Å²) >= 11 is 0. The highest BCUT2D eigenvalue weighted by molar-refractivity contribution is 5.88. The molecular weight excluding hydrogens is 374 g/mol. The van der Waals surface area contributed by atoms with Crippen LogP contribution in [0.15, 0.2) is 24.4 Å². The molecule has 0 aliphatic carbocycles. The lowest BCUT2D eigenvalue weighted by Crippen LogP contribution is -2.42. The monoisotopic (exact) mass is 405 g/mol. The summed E-state index contributed by atoms with van der Waals surface area (Å²) in [5.41, 5.74) is 11.9. The van der Waals surface area contributed by atoms with Crippen LogP contribution >= 0.6 is 0 Å². The van der Waals surface area contributed by atoms with Crippen LogP contribution < -0.4 is 15.5 Å². The predicted octanol–water partition coefficient (Wildman–Crippen LogP) is 3.56. The van der Waals surface area contributed by atoms with E-state index in [1.807, 2.05) is 6.20 Å². The topological polar surface area (TPSA) is 87.0 Å². The maximum absolute atomic E-state index is 5.96. The standard InChI is InChI=1S/C23H31N7/c1-3-16-6-4-8-18-17(16)7-5-11-30(18)22-20-21(27-28-22)26-19(14-25-20)29-12-9-23(2,15-24)10-13-29/h4,6,8,14H,3,5,7,9-13,15,24H2,1-2H3,(H,26,27,28). The van der Waals surface area contributed by atoms with E-state index in [0.29, 0.717) is 0 Å². The molecule has 2 aliphatic heterocycles. The van der Waals surface area contributed by atoms with Crippen LogP contribution in [0.3, 0.4) is 0 Å². The van der Waals surface area contributed by atoms with Crippen LogP contribution in [0.2, 0.25) is 0 Å².